The van der Waals surface area contributed by atoms with Crippen LogP contribution in [0.2, 0.25) is 0 Å². The zero-order valence-electron chi connectivity index (χ0n) is 11.2. The lowest BCUT2D eigenvalue weighted by Gasteiger charge is -2.17. The van der Waals surface area contributed by atoms with E-state index in [0.29, 0.717) is 0 Å². The predicted octanol–water partition coefficient (Wildman–Crippen LogP) is 3.76. The molecule has 18 heavy (non-hydrogen) atoms. The van der Waals surface area contributed by atoms with Gasteiger partial charge in [0.2, 0.25) is 0 Å². The summed E-state index contributed by atoms with van der Waals surface area (Å²) in [5.41, 5.74) is 4.22. The maximum Gasteiger partial charge on any atom is 0.128 e. The van der Waals surface area contributed by atoms with Crippen LogP contribution in [0.15, 0.2) is 23.6 Å². The number of hydrogen-bond donors (Lipinski definition) is 1. The van der Waals surface area contributed by atoms with Crippen LogP contribution >= 0.6 is 11.3 Å². The lowest BCUT2D eigenvalue weighted by atomic mass is 9.99. The first-order valence-corrected chi connectivity index (χ1v) is 6.80. The Morgan fingerprint density at radius 3 is 2.39 bits per heavy atom. The Kier molecular flexibility index (Phi) is 3.73. The Morgan fingerprint density at radius 1 is 1.11 bits per heavy atom. The van der Waals surface area contributed by atoms with Crippen LogP contribution in [0.4, 0.5) is 0 Å². The van der Waals surface area contributed by atoms with E-state index in [1.807, 2.05) is 44.4 Å². The zero-order chi connectivity index (χ0) is 13.3. The molecular formula is C15H18O2S. The summed E-state index contributed by atoms with van der Waals surface area (Å²) < 4.78 is 5.46. The maximum absolute atomic E-state index is 10.5. The normalized spacial score (nSPS) is 12.5. The van der Waals surface area contributed by atoms with E-state index in [1.165, 1.54) is 5.56 Å². The fourth-order valence-electron chi connectivity index (χ4n) is 2.10. The number of aliphatic hydroxyl groups is 1. The molecule has 0 spiro atoms. The van der Waals surface area contributed by atoms with Crippen molar-refractivity contribution in [1.29, 1.82) is 0 Å². The Bertz CT molecular complexity index is 558. The van der Waals surface area contributed by atoms with Crippen molar-refractivity contribution in [2.24, 2.45) is 0 Å². The average Bonchev–Trinajstić information content (AvgIpc) is 2.78. The third kappa shape index (κ3) is 2.16. The van der Waals surface area contributed by atoms with E-state index in [-0.39, 0.29) is 0 Å². The maximum atomic E-state index is 10.5. The average molecular weight is 262 g/mol. The van der Waals surface area contributed by atoms with E-state index in [2.05, 4.69) is 0 Å². The lowest BCUT2D eigenvalue weighted by Crippen LogP contribution is -2.04. The molecule has 2 rings (SSSR count). The molecule has 1 atom stereocenters. The molecule has 2 aromatic rings. The van der Waals surface area contributed by atoms with E-state index in [9.17, 15) is 5.11 Å². The second kappa shape index (κ2) is 5.12. The Balaban J connectivity index is 2.52. The number of thiophene rings is 1. The van der Waals surface area contributed by atoms with Gasteiger partial charge in [-0.15, -0.1) is 11.3 Å². The summed E-state index contributed by atoms with van der Waals surface area (Å²) in [5.74, 6) is 0.787. The molecule has 0 bridgehead atoms. The number of benzene rings is 1. The van der Waals surface area contributed by atoms with Crippen molar-refractivity contribution in [1.82, 2.24) is 0 Å². The Hall–Kier alpha value is -1.32. The monoisotopic (exact) mass is 262 g/mol. The van der Waals surface area contributed by atoms with Crippen LogP contribution in [0.3, 0.4) is 0 Å². The van der Waals surface area contributed by atoms with Gasteiger partial charge >= 0.3 is 0 Å². The number of aliphatic hydroxyl groups excluding tert-OH is 1. The molecule has 0 aliphatic rings. The molecule has 3 heteroatoms. The van der Waals surface area contributed by atoms with Crippen molar-refractivity contribution in [2.45, 2.75) is 26.9 Å². The topological polar surface area (TPSA) is 29.5 Å². The second-order valence-corrected chi connectivity index (χ2v) is 5.45. The van der Waals surface area contributed by atoms with Crippen LogP contribution < -0.4 is 4.74 Å². The molecule has 0 aliphatic heterocycles. The molecule has 1 heterocycles. The molecule has 0 aliphatic carbocycles. The van der Waals surface area contributed by atoms with E-state index in [1.54, 1.807) is 18.4 Å². The van der Waals surface area contributed by atoms with Gasteiger partial charge in [-0.2, -0.15) is 0 Å². The van der Waals surface area contributed by atoms with Gasteiger partial charge in [0.15, 0.2) is 0 Å². The summed E-state index contributed by atoms with van der Waals surface area (Å²) in [5, 5.41) is 12.5. The van der Waals surface area contributed by atoms with Crippen LogP contribution in [-0.4, -0.2) is 12.2 Å². The summed E-state index contributed by atoms with van der Waals surface area (Å²) in [6.45, 7) is 6.08. The molecular weight excluding hydrogens is 244 g/mol. The van der Waals surface area contributed by atoms with Gasteiger partial charge in [0.05, 0.1) is 7.11 Å². The van der Waals surface area contributed by atoms with Crippen molar-refractivity contribution in [3.63, 3.8) is 0 Å². The van der Waals surface area contributed by atoms with E-state index in [4.69, 9.17) is 4.74 Å². The van der Waals surface area contributed by atoms with Gasteiger partial charge in [-0.3, -0.25) is 0 Å². The summed E-state index contributed by atoms with van der Waals surface area (Å²) >= 11 is 1.58. The van der Waals surface area contributed by atoms with Gasteiger partial charge in [0.1, 0.15) is 11.9 Å². The number of aryl methyl sites for hydroxylation is 2. The molecule has 2 nitrogen and oxygen atoms in total. The summed E-state index contributed by atoms with van der Waals surface area (Å²) in [4.78, 5) is 0.983. The van der Waals surface area contributed by atoms with Gasteiger partial charge in [-0.1, -0.05) is 12.1 Å². The van der Waals surface area contributed by atoms with Crippen LogP contribution in [0, 0.1) is 20.8 Å². The molecule has 96 valence electrons. The minimum Gasteiger partial charge on any atom is -0.496 e. The van der Waals surface area contributed by atoms with Crippen LogP contribution in [0.5, 0.6) is 5.75 Å². The highest BCUT2D eigenvalue weighted by molar-refractivity contribution is 7.10. The van der Waals surface area contributed by atoms with Gasteiger partial charge in [0, 0.05) is 10.4 Å². The van der Waals surface area contributed by atoms with Crippen LogP contribution in [-0.2, 0) is 0 Å². The van der Waals surface area contributed by atoms with Crippen molar-refractivity contribution < 1.29 is 9.84 Å². The van der Waals surface area contributed by atoms with E-state index >= 15 is 0 Å². The van der Waals surface area contributed by atoms with E-state index < -0.39 is 6.10 Å². The zero-order valence-corrected chi connectivity index (χ0v) is 12.0. The van der Waals surface area contributed by atoms with Gasteiger partial charge in [0.25, 0.3) is 0 Å². The van der Waals surface area contributed by atoms with Crippen molar-refractivity contribution in [3.05, 3.63) is 50.7 Å². The Labute approximate surface area is 112 Å². The molecule has 0 fully saturated rings. The fraction of sp³-hybridized carbons (Fsp3) is 0.333. The summed E-state index contributed by atoms with van der Waals surface area (Å²) in [6, 6.07) is 6.00. The van der Waals surface area contributed by atoms with Gasteiger partial charge in [-0.05, 0) is 48.9 Å². The van der Waals surface area contributed by atoms with E-state index in [0.717, 1.165) is 27.3 Å². The van der Waals surface area contributed by atoms with Crippen LogP contribution in [0.25, 0.3) is 0 Å². The van der Waals surface area contributed by atoms with Gasteiger partial charge < -0.3 is 9.84 Å². The first-order chi connectivity index (χ1) is 8.56. The summed E-state index contributed by atoms with van der Waals surface area (Å²) in [6.07, 6.45) is -0.612. The molecule has 0 amide bonds. The number of rotatable bonds is 3. The molecule has 1 N–H and O–H groups in total. The highest BCUT2D eigenvalue weighted by atomic mass is 32.1. The largest absolute Gasteiger partial charge is 0.496 e. The first-order valence-electron chi connectivity index (χ1n) is 5.92. The number of methoxy groups -OCH3 is 1. The minimum atomic E-state index is -0.612. The SMILES string of the molecule is COc1c(C(O)c2sccc2C)ccc(C)c1C. The smallest absolute Gasteiger partial charge is 0.128 e. The predicted molar refractivity (Wildman–Crippen MR) is 75.6 cm³/mol. The minimum absolute atomic E-state index is 0.612. The highest BCUT2D eigenvalue weighted by Crippen LogP contribution is 2.36. The van der Waals surface area contributed by atoms with Crippen molar-refractivity contribution in [2.75, 3.05) is 7.11 Å². The molecule has 0 saturated carbocycles. The molecule has 0 radical (unpaired) electrons. The number of hydrogen-bond acceptors (Lipinski definition) is 3. The lowest BCUT2D eigenvalue weighted by molar-refractivity contribution is 0.217. The third-order valence-electron chi connectivity index (χ3n) is 3.36. The molecule has 1 unspecified atom stereocenters. The summed E-state index contributed by atoms with van der Waals surface area (Å²) in [7, 11) is 1.65. The van der Waals surface area contributed by atoms with Crippen molar-refractivity contribution >= 4 is 11.3 Å². The Morgan fingerprint density at radius 2 is 1.83 bits per heavy atom. The fourth-order valence-corrected chi connectivity index (χ4v) is 3.03. The molecule has 1 aromatic heterocycles. The third-order valence-corrected chi connectivity index (χ3v) is 4.43. The quantitative estimate of drug-likeness (QED) is 0.912. The van der Waals surface area contributed by atoms with Crippen molar-refractivity contribution in [3.8, 4) is 5.75 Å². The van der Waals surface area contributed by atoms with Crippen LogP contribution in [0.1, 0.15) is 33.2 Å². The first kappa shape index (κ1) is 13.1. The van der Waals surface area contributed by atoms with Gasteiger partial charge in [-0.25, -0.2) is 0 Å². The second-order valence-electron chi connectivity index (χ2n) is 4.50. The highest BCUT2D eigenvalue weighted by Gasteiger charge is 2.20. The molecule has 1 aromatic carbocycles. The standard InChI is InChI=1S/C15H18O2S/c1-9-5-6-12(14(17-4)11(9)3)13(16)15-10(2)7-8-18-15/h5-8,13,16H,1-4H3. The number of ether oxygens (including phenoxy) is 1. The molecule has 0 saturated heterocycles.